The SMILES string of the molecule is Cl.O=C(NO)c1cc(-c2ccc(CCCCCCO)cc2)nc2ccncc12. The first-order valence-electron chi connectivity index (χ1n) is 9.12. The summed E-state index contributed by atoms with van der Waals surface area (Å²) in [4.78, 5) is 20.7. The van der Waals surface area contributed by atoms with Crippen molar-refractivity contribution >= 4 is 29.2 Å². The van der Waals surface area contributed by atoms with Crippen molar-refractivity contribution in [1.29, 1.82) is 0 Å². The van der Waals surface area contributed by atoms with Gasteiger partial charge in [0.2, 0.25) is 0 Å². The lowest BCUT2D eigenvalue weighted by atomic mass is 10.0. The Bertz CT molecular complexity index is 916. The molecule has 0 saturated carbocycles. The molecule has 0 aliphatic rings. The van der Waals surface area contributed by atoms with Crippen molar-refractivity contribution in [1.82, 2.24) is 15.4 Å². The van der Waals surface area contributed by atoms with Gasteiger partial charge in [-0.1, -0.05) is 37.1 Å². The van der Waals surface area contributed by atoms with Crippen LogP contribution in [-0.4, -0.2) is 32.8 Å². The Hall–Kier alpha value is -2.54. The molecule has 7 heteroatoms. The van der Waals surface area contributed by atoms with E-state index in [0.717, 1.165) is 37.7 Å². The number of nitrogens with one attached hydrogen (secondary N) is 1. The molecule has 3 rings (SSSR count). The van der Waals surface area contributed by atoms with Crippen LogP contribution in [-0.2, 0) is 6.42 Å². The summed E-state index contributed by atoms with van der Waals surface area (Å²) in [5.74, 6) is -0.587. The molecule has 0 bridgehead atoms. The molecule has 0 saturated heterocycles. The topological polar surface area (TPSA) is 95.3 Å². The Kier molecular flexibility index (Phi) is 8.32. The number of halogens is 1. The molecule has 28 heavy (non-hydrogen) atoms. The average Bonchev–Trinajstić information content (AvgIpc) is 2.72. The molecule has 2 heterocycles. The molecule has 3 N–H and O–H groups in total. The number of aliphatic hydroxyl groups is 1. The van der Waals surface area contributed by atoms with E-state index in [-0.39, 0.29) is 19.0 Å². The Morgan fingerprint density at radius 1 is 1.04 bits per heavy atom. The molecular weight excluding hydrogens is 378 g/mol. The van der Waals surface area contributed by atoms with Crippen molar-refractivity contribution in [2.45, 2.75) is 32.1 Å². The molecule has 0 spiro atoms. The van der Waals surface area contributed by atoms with Gasteiger partial charge in [-0.15, -0.1) is 12.4 Å². The van der Waals surface area contributed by atoms with Gasteiger partial charge in [0.05, 0.1) is 16.8 Å². The first kappa shape index (κ1) is 21.8. The molecule has 0 fully saturated rings. The average molecular weight is 402 g/mol. The molecular formula is C21H24ClN3O3. The van der Waals surface area contributed by atoms with Crippen LogP contribution in [0.2, 0.25) is 0 Å². The Morgan fingerprint density at radius 2 is 1.79 bits per heavy atom. The number of amides is 1. The first-order valence-corrected chi connectivity index (χ1v) is 9.12. The third kappa shape index (κ3) is 5.25. The zero-order chi connectivity index (χ0) is 19.1. The van der Waals surface area contributed by atoms with Gasteiger partial charge in [-0.25, -0.2) is 10.5 Å². The van der Waals surface area contributed by atoms with Gasteiger partial charge in [-0.05, 0) is 37.0 Å². The maximum Gasteiger partial charge on any atom is 0.275 e. The minimum atomic E-state index is -0.587. The van der Waals surface area contributed by atoms with E-state index in [2.05, 4.69) is 22.1 Å². The maximum atomic E-state index is 12.0. The molecule has 1 amide bonds. The van der Waals surface area contributed by atoms with E-state index in [9.17, 15) is 4.79 Å². The highest BCUT2D eigenvalue weighted by atomic mass is 35.5. The Labute approximate surface area is 170 Å². The lowest BCUT2D eigenvalue weighted by Crippen LogP contribution is -2.19. The third-order valence-corrected chi connectivity index (χ3v) is 4.58. The number of nitrogens with zero attached hydrogens (tertiary/aromatic N) is 2. The fourth-order valence-corrected chi connectivity index (χ4v) is 3.10. The van der Waals surface area contributed by atoms with Gasteiger partial charge in [-0.2, -0.15) is 0 Å². The second kappa shape index (κ2) is 10.7. The largest absolute Gasteiger partial charge is 0.396 e. The summed E-state index contributed by atoms with van der Waals surface area (Å²) in [7, 11) is 0. The van der Waals surface area contributed by atoms with Crippen molar-refractivity contribution in [2.24, 2.45) is 0 Å². The summed E-state index contributed by atoms with van der Waals surface area (Å²) < 4.78 is 0. The zero-order valence-electron chi connectivity index (χ0n) is 15.5. The minimum Gasteiger partial charge on any atom is -0.396 e. The number of rotatable bonds is 8. The molecule has 0 aliphatic carbocycles. The summed E-state index contributed by atoms with van der Waals surface area (Å²) in [5.41, 5.74) is 5.49. The molecule has 0 unspecified atom stereocenters. The van der Waals surface area contributed by atoms with E-state index >= 15 is 0 Å². The van der Waals surface area contributed by atoms with Crippen molar-refractivity contribution in [3.63, 3.8) is 0 Å². The van der Waals surface area contributed by atoms with E-state index in [0.29, 0.717) is 22.2 Å². The number of carbonyl (C=O) groups is 1. The van der Waals surface area contributed by atoms with Crippen LogP contribution < -0.4 is 5.48 Å². The van der Waals surface area contributed by atoms with Crippen LogP contribution in [0.5, 0.6) is 0 Å². The number of fused-ring (bicyclic) bond motifs is 1. The predicted molar refractivity (Wildman–Crippen MR) is 111 cm³/mol. The van der Waals surface area contributed by atoms with Crippen LogP contribution in [0.1, 0.15) is 41.6 Å². The van der Waals surface area contributed by atoms with E-state index in [1.165, 1.54) is 5.56 Å². The number of hydrogen-bond acceptors (Lipinski definition) is 5. The van der Waals surface area contributed by atoms with Crippen LogP contribution in [0.25, 0.3) is 22.2 Å². The van der Waals surface area contributed by atoms with Crippen molar-refractivity contribution < 1.29 is 15.1 Å². The number of benzene rings is 1. The van der Waals surface area contributed by atoms with Crippen molar-refractivity contribution in [3.8, 4) is 11.3 Å². The number of hydroxylamine groups is 1. The summed E-state index contributed by atoms with van der Waals surface area (Å²) in [6.07, 6.45) is 8.33. The van der Waals surface area contributed by atoms with Crippen molar-refractivity contribution in [3.05, 3.63) is 59.9 Å². The third-order valence-electron chi connectivity index (χ3n) is 4.58. The standard InChI is InChI=1S/C21H23N3O3.ClH/c25-12-4-2-1-3-5-15-6-8-16(9-7-15)20-13-17(21(26)24-27)18-14-22-11-10-19(18)23-20;/h6-11,13-14,25,27H,1-5,12H2,(H,24,26);1H. The molecule has 1 aromatic carbocycles. The van der Waals surface area contributed by atoms with E-state index in [1.54, 1.807) is 30.0 Å². The normalized spacial score (nSPS) is 10.5. The van der Waals surface area contributed by atoms with Gasteiger partial charge in [0.25, 0.3) is 5.91 Å². The summed E-state index contributed by atoms with van der Waals surface area (Å²) in [6.45, 7) is 0.264. The second-order valence-electron chi connectivity index (χ2n) is 6.47. The number of pyridine rings is 2. The molecule has 0 atom stereocenters. The smallest absolute Gasteiger partial charge is 0.275 e. The number of hydrogen-bond donors (Lipinski definition) is 3. The lowest BCUT2D eigenvalue weighted by Gasteiger charge is -2.09. The maximum absolute atomic E-state index is 12.0. The molecule has 0 aliphatic heterocycles. The molecule has 6 nitrogen and oxygen atoms in total. The molecule has 3 aromatic rings. The zero-order valence-corrected chi connectivity index (χ0v) is 16.3. The van der Waals surface area contributed by atoms with Gasteiger partial charge >= 0.3 is 0 Å². The number of carbonyl (C=O) groups excluding carboxylic acids is 1. The van der Waals surface area contributed by atoms with E-state index in [4.69, 9.17) is 10.3 Å². The highest BCUT2D eigenvalue weighted by Gasteiger charge is 2.13. The Balaban J connectivity index is 0.00000280. The van der Waals surface area contributed by atoms with Crippen LogP contribution in [0.3, 0.4) is 0 Å². The van der Waals surface area contributed by atoms with Crippen LogP contribution in [0.4, 0.5) is 0 Å². The molecule has 0 radical (unpaired) electrons. The van der Waals surface area contributed by atoms with Crippen LogP contribution >= 0.6 is 12.4 Å². The van der Waals surface area contributed by atoms with Gasteiger partial charge < -0.3 is 5.11 Å². The highest BCUT2D eigenvalue weighted by molar-refractivity contribution is 6.06. The summed E-state index contributed by atoms with van der Waals surface area (Å²) >= 11 is 0. The summed E-state index contributed by atoms with van der Waals surface area (Å²) in [5, 5.41) is 18.4. The number of unbranched alkanes of at least 4 members (excludes halogenated alkanes) is 3. The lowest BCUT2D eigenvalue weighted by molar-refractivity contribution is 0.0708. The van der Waals surface area contributed by atoms with Gasteiger partial charge in [0, 0.05) is 30.0 Å². The predicted octanol–water partition coefficient (Wildman–Crippen LogP) is 3.93. The van der Waals surface area contributed by atoms with Crippen molar-refractivity contribution in [2.75, 3.05) is 6.61 Å². The fourth-order valence-electron chi connectivity index (χ4n) is 3.10. The molecule has 148 valence electrons. The summed E-state index contributed by atoms with van der Waals surface area (Å²) in [6, 6.07) is 11.6. The van der Waals surface area contributed by atoms with Crippen LogP contribution in [0.15, 0.2) is 48.8 Å². The fraction of sp³-hybridized carbons (Fsp3) is 0.286. The quantitative estimate of drug-likeness (QED) is 0.302. The Morgan fingerprint density at radius 3 is 2.50 bits per heavy atom. The van der Waals surface area contributed by atoms with Gasteiger partial charge in [-0.3, -0.25) is 15.0 Å². The minimum absolute atomic E-state index is 0. The first-order chi connectivity index (χ1) is 13.2. The van der Waals surface area contributed by atoms with E-state index < -0.39 is 5.91 Å². The number of aliphatic hydroxyl groups excluding tert-OH is 1. The second-order valence-corrected chi connectivity index (χ2v) is 6.47. The van der Waals surface area contributed by atoms with Gasteiger partial charge in [0.1, 0.15) is 0 Å². The van der Waals surface area contributed by atoms with Gasteiger partial charge in [0.15, 0.2) is 0 Å². The van der Waals surface area contributed by atoms with E-state index in [1.807, 2.05) is 12.1 Å². The van der Waals surface area contributed by atoms with Crippen LogP contribution in [0, 0.1) is 0 Å². The highest BCUT2D eigenvalue weighted by Crippen LogP contribution is 2.25. The molecule has 2 aromatic heterocycles. The monoisotopic (exact) mass is 401 g/mol. The number of aryl methyl sites for hydroxylation is 1. The number of aromatic nitrogens is 2.